The van der Waals surface area contributed by atoms with Gasteiger partial charge in [-0.1, -0.05) is 12.1 Å². The molecule has 0 heterocycles. The molecule has 0 fully saturated rings. The van der Waals surface area contributed by atoms with Gasteiger partial charge in [0, 0.05) is 19.2 Å². The number of hydrogen-bond acceptors (Lipinski definition) is 5. The highest BCUT2D eigenvalue weighted by Crippen LogP contribution is 2.38. The predicted molar refractivity (Wildman–Crippen MR) is 101 cm³/mol. The summed E-state index contributed by atoms with van der Waals surface area (Å²) in [4.78, 5) is 23.8. The van der Waals surface area contributed by atoms with Crippen molar-refractivity contribution < 1.29 is 23.8 Å². The Hall–Kier alpha value is -3.22. The van der Waals surface area contributed by atoms with Crippen LogP contribution in [0, 0.1) is 0 Å². The number of benzene rings is 2. The lowest BCUT2D eigenvalue weighted by molar-refractivity contribution is -0.120. The molecule has 2 rings (SSSR count). The number of hydrogen-bond donors (Lipinski definition) is 2. The normalized spacial score (nSPS) is 10.1. The summed E-state index contributed by atoms with van der Waals surface area (Å²) in [6, 6.07) is 10.6. The number of nitrogens with one attached hydrogen (secondary N) is 2. The van der Waals surface area contributed by atoms with E-state index in [1.165, 1.54) is 21.3 Å². The van der Waals surface area contributed by atoms with E-state index in [4.69, 9.17) is 14.2 Å². The van der Waals surface area contributed by atoms with Crippen LogP contribution in [0.2, 0.25) is 0 Å². The zero-order valence-corrected chi connectivity index (χ0v) is 15.9. The van der Waals surface area contributed by atoms with Crippen LogP contribution in [-0.4, -0.2) is 40.2 Å². The minimum Gasteiger partial charge on any atom is -0.493 e. The lowest BCUT2D eigenvalue weighted by Gasteiger charge is -2.14. The molecule has 2 N–H and O–H groups in total. The van der Waals surface area contributed by atoms with E-state index in [1.54, 1.807) is 31.3 Å². The molecule has 0 aliphatic rings. The van der Waals surface area contributed by atoms with E-state index in [9.17, 15) is 9.59 Å². The van der Waals surface area contributed by atoms with Gasteiger partial charge in [-0.3, -0.25) is 9.59 Å². The van der Waals surface area contributed by atoms with E-state index in [-0.39, 0.29) is 18.2 Å². The van der Waals surface area contributed by atoms with Crippen LogP contribution in [0.15, 0.2) is 36.4 Å². The molecule has 0 radical (unpaired) electrons. The summed E-state index contributed by atoms with van der Waals surface area (Å²) in [6.07, 6.45) is 0.174. The number of amides is 2. The lowest BCUT2D eigenvalue weighted by Crippen LogP contribution is -2.24. The molecule has 0 atom stereocenters. The zero-order chi connectivity index (χ0) is 19.8. The van der Waals surface area contributed by atoms with Crippen LogP contribution in [0.25, 0.3) is 0 Å². The lowest BCUT2D eigenvalue weighted by atomic mass is 10.1. The Labute approximate surface area is 158 Å². The molecule has 0 saturated carbocycles. The fourth-order valence-corrected chi connectivity index (χ4v) is 2.60. The molecule has 7 nitrogen and oxygen atoms in total. The first-order valence-corrected chi connectivity index (χ1v) is 8.39. The van der Waals surface area contributed by atoms with Crippen LogP contribution in [0.4, 0.5) is 0 Å². The number of ether oxygens (including phenoxy) is 3. The molecular formula is C20H24N2O5. The minimum atomic E-state index is -0.145. The highest BCUT2D eigenvalue weighted by molar-refractivity contribution is 5.93. The molecule has 2 aromatic rings. The number of methoxy groups -OCH3 is 3. The molecule has 0 aliphatic heterocycles. The van der Waals surface area contributed by atoms with E-state index in [0.717, 1.165) is 11.1 Å². The Morgan fingerprint density at radius 1 is 0.889 bits per heavy atom. The maximum absolute atomic E-state index is 12.3. The maximum atomic E-state index is 12.3. The van der Waals surface area contributed by atoms with Crippen LogP contribution < -0.4 is 24.8 Å². The third-order valence-electron chi connectivity index (χ3n) is 4.02. The van der Waals surface area contributed by atoms with Gasteiger partial charge in [0.2, 0.25) is 11.7 Å². The van der Waals surface area contributed by atoms with Crippen molar-refractivity contribution in [3.63, 3.8) is 0 Å². The third kappa shape index (κ3) is 5.13. The van der Waals surface area contributed by atoms with Gasteiger partial charge in [0.1, 0.15) is 0 Å². The highest BCUT2D eigenvalue weighted by Gasteiger charge is 2.15. The Kier molecular flexibility index (Phi) is 7.05. The second kappa shape index (κ2) is 9.47. The molecule has 0 saturated heterocycles. The molecule has 27 heavy (non-hydrogen) atoms. The SMILES string of the molecule is CNC(=O)c1ccc(CNC(=O)Cc2cc(OC)c(OC)c(OC)c2)cc1. The van der Waals surface area contributed by atoms with Gasteiger partial charge in [0.15, 0.2) is 11.5 Å². The van der Waals surface area contributed by atoms with E-state index < -0.39 is 0 Å². The van der Waals surface area contributed by atoms with Gasteiger partial charge in [-0.2, -0.15) is 0 Å². The summed E-state index contributed by atoms with van der Waals surface area (Å²) in [5.41, 5.74) is 2.22. The van der Waals surface area contributed by atoms with Crippen molar-refractivity contribution in [2.24, 2.45) is 0 Å². The molecule has 0 unspecified atom stereocenters. The minimum absolute atomic E-state index is 0.139. The molecule has 2 aromatic carbocycles. The van der Waals surface area contributed by atoms with E-state index in [0.29, 0.717) is 29.4 Å². The van der Waals surface area contributed by atoms with Crippen LogP contribution >= 0.6 is 0 Å². The van der Waals surface area contributed by atoms with Gasteiger partial charge in [0.25, 0.3) is 5.91 Å². The van der Waals surface area contributed by atoms with Crippen molar-refractivity contribution in [2.45, 2.75) is 13.0 Å². The standard InChI is InChI=1S/C20H24N2O5/c1-21-20(24)15-7-5-13(6-8-15)12-22-18(23)11-14-9-16(25-2)19(27-4)17(10-14)26-3/h5-10H,11-12H2,1-4H3,(H,21,24)(H,22,23). The van der Waals surface area contributed by atoms with Crippen LogP contribution in [0.1, 0.15) is 21.5 Å². The highest BCUT2D eigenvalue weighted by atomic mass is 16.5. The second-order valence-corrected chi connectivity index (χ2v) is 5.76. The third-order valence-corrected chi connectivity index (χ3v) is 4.02. The van der Waals surface area contributed by atoms with Crippen molar-refractivity contribution in [3.8, 4) is 17.2 Å². The van der Waals surface area contributed by atoms with Crippen LogP contribution in [-0.2, 0) is 17.8 Å². The first-order valence-electron chi connectivity index (χ1n) is 8.39. The zero-order valence-electron chi connectivity index (χ0n) is 15.9. The monoisotopic (exact) mass is 372 g/mol. The fraction of sp³-hybridized carbons (Fsp3) is 0.300. The number of carbonyl (C=O) groups excluding carboxylic acids is 2. The van der Waals surface area contributed by atoms with Gasteiger partial charge >= 0.3 is 0 Å². The van der Waals surface area contributed by atoms with E-state index in [2.05, 4.69) is 10.6 Å². The maximum Gasteiger partial charge on any atom is 0.251 e. The smallest absolute Gasteiger partial charge is 0.251 e. The van der Waals surface area contributed by atoms with Gasteiger partial charge in [0.05, 0.1) is 27.8 Å². The van der Waals surface area contributed by atoms with Gasteiger partial charge in [-0.05, 0) is 35.4 Å². The van der Waals surface area contributed by atoms with Gasteiger partial charge in [-0.15, -0.1) is 0 Å². The molecule has 0 bridgehead atoms. The first kappa shape index (κ1) is 20.1. The molecule has 0 aromatic heterocycles. The molecule has 7 heteroatoms. The molecular weight excluding hydrogens is 348 g/mol. The Morgan fingerprint density at radius 2 is 1.48 bits per heavy atom. The van der Waals surface area contributed by atoms with Crippen molar-refractivity contribution in [1.29, 1.82) is 0 Å². The molecule has 0 aliphatic carbocycles. The van der Waals surface area contributed by atoms with Gasteiger partial charge < -0.3 is 24.8 Å². The molecule has 0 spiro atoms. The van der Waals surface area contributed by atoms with Crippen LogP contribution in [0.5, 0.6) is 17.2 Å². The summed E-state index contributed by atoms with van der Waals surface area (Å²) < 4.78 is 15.9. The summed E-state index contributed by atoms with van der Waals surface area (Å²) >= 11 is 0. The summed E-state index contributed by atoms with van der Waals surface area (Å²) in [5.74, 6) is 1.21. The Balaban J connectivity index is 2.00. The quantitative estimate of drug-likeness (QED) is 0.740. The molecule has 2 amide bonds. The Bertz CT molecular complexity index is 778. The van der Waals surface area contributed by atoms with E-state index in [1.807, 2.05) is 12.1 Å². The fourth-order valence-electron chi connectivity index (χ4n) is 2.60. The average Bonchev–Trinajstić information content (AvgIpc) is 2.71. The number of rotatable bonds is 8. The topological polar surface area (TPSA) is 85.9 Å². The second-order valence-electron chi connectivity index (χ2n) is 5.76. The van der Waals surface area contributed by atoms with Crippen molar-refractivity contribution >= 4 is 11.8 Å². The summed E-state index contributed by atoms with van der Waals surface area (Å²) in [6.45, 7) is 0.372. The summed E-state index contributed by atoms with van der Waals surface area (Å²) in [5, 5.41) is 5.43. The van der Waals surface area contributed by atoms with Gasteiger partial charge in [-0.25, -0.2) is 0 Å². The molecule has 144 valence electrons. The first-order chi connectivity index (χ1) is 13.0. The van der Waals surface area contributed by atoms with Crippen molar-refractivity contribution in [3.05, 3.63) is 53.1 Å². The number of carbonyl (C=O) groups is 2. The summed E-state index contributed by atoms with van der Waals surface area (Å²) in [7, 11) is 6.18. The van der Waals surface area contributed by atoms with Crippen LogP contribution in [0.3, 0.4) is 0 Å². The van der Waals surface area contributed by atoms with E-state index >= 15 is 0 Å². The predicted octanol–water partition coefficient (Wildman–Crippen LogP) is 1.93. The largest absolute Gasteiger partial charge is 0.493 e. The van der Waals surface area contributed by atoms with Crippen molar-refractivity contribution in [2.75, 3.05) is 28.4 Å². The Morgan fingerprint density at radius 3 is 1.96 bits per heavy atom. The average molecular weight is 372 g/mol. The van der Waals surface area contributed by atoms with Crippen molar-refractivity contribution in [1.82, 2.24) is 10.6 Å².